The second-order valence-electron chi connectivity index (χ2n) is 12.4. The molecule has 230 valence electrons. The van der Waals surface area contributed by atoms with Crippen LogP contribution in [0.3, 0.4) is 0 Å². The summed E-state index contributed by atoms with van der Waals surface area (Å²) >= 11 is 0. The van der Waals surface area contributed by atoms with Gasteiger partial charge in [-0.15, -0.1) is 0 Å². The molecule has 8 aromatic rings. The summed E-state index contributed by atoms with van der Waals surface area (Å²) in [6.07, 6.45) is 10.3. The minimum Gasteiger partial charge on any atom is -0.0887 e. The topological polar surface area (TPSA) is 0 Å². The van der Waals surface area contributed by atoms with Gasteiger partial charge in [-0.1, -0.05) is 182 Å². The van der Waals surface area contributed by atoms with E-state index in [4.69, 9.17) is 12.6 Å². The molecule has 0 saturated heterocycles. The van der Waals surface area contributed by atoms with Gasteiger partial charge in [0, 0.05) is 0 Å². The molecule has 0 fully saturated rings. The molecule has 0 nitrogen and oxygen atoms in total. The Morgan fingerprint density at radius 2 is 0.542 bits per heavy atom. The number of hydrogen-bond acceptors (Lipinski definition) is 0. The molecule has 0 aliphatic heterocycles. The molecule has 0 aliphatic rings. The van der Waals surface area contributed by atoms with Crippen LogP contribution in [0.4, 0.5) is 0 Å². The van der Waals surface area contributed by atoms with Crippen LogP contribution in [0.5, 0.6) is 0 Å². The van der Waals surface area contributed by atoms with Crippen molar-refractivity contribution in [2.75, 3.05) is 0 Å². The van der Waals surface area contributed by atoms with Crippen molar-refractivity contribution in [3.05, 3.63) is 194 Å². The molecule has 0 heterocycles. The first kappa shape index (κ1) is 30.2. The SMILES string of the molecule is C=P(c1ccccc1)(c1ccccc1)c1cc(-c2cc(P(=C)(c3ccccc3)c3ccccc3)cc3ccccc23)c2ccccc2c1. The highest BCUT2D eigenvalue weighted by Crippen LogP contribution is 2.47. The summed E-state index contributed by atoms with van der Waals surface area (Å²) in [5.74, 6) is 0. The monoisotopic (exact) mass is 650 g/mol. The van der Waals surface area contributed by atoms with Crippen molar-refractivity contribution in [2.24, 2.45) is 0 Å². The van der Waals surface area contributed by atoms with Gasteiger partial charge in [-0.05, 0) is 103 Å². The van der Waals surface area contributed by atoms with Gasteiger partial charge in [0.05, 0.1) is 0 Å². The summed E-state index contributed by atoms with van der Waals surface area (Å²) in [7, 11) is 0. The Bertz CT molecular complexity index is 2220. The first-order chi connectivity index (χ1) is 23.6. The standard InChI is InChI=1S/C46H36P2/c1-47(37-21-7-3-8-22-37,38-23-9-4-10-24-38)41-31-35-19-15-17-29-43(35)45(33-41)46-34-42(32-36-20-16-18-30-44(36)46)48(2,39-25-11-5-12-26-39)40-27-13-6-14-28-40/h3-34H,1-2H2. The van der Waals surface area contributed by atoms with Crippen LogP contribution in [0.1, 0.15) is 0 Å². The number of hydrogen-bond donors (Lipinski definition) is 0. The summed E-state index contributed by atoms with van der Waals surface area (Å²) in [5, 5.41) is 12.5. The van der Waals surface area contributed by atoms with Gasteiger partial charge in [0.15, 0.2) is 0 Å². The first-order valence-corrected chi connectivity index (χ1v) is 20.3. The molecule has 2 heteroatoms. The maximum atomic E-state index is 5.13. The van der Waals surface area contributed by atoms with E-state index in [2.05, 4.69) is 194 Å². The maximum absolute atomic E-state index is 5.13. The summed E-state index contributed by atoms with van der Waals surface area (Å²) in [6, 6.07) is 70.8. The van der Waals surface area contributed by atoms with Gasteiger partial charge in [0.1, 0.15) is 0 Å². The zero-order valence-corrected chi connectivity index (χ0v) is 28.6. The third-order valence-electron chi connectivity index (χ3n) is 9.65. The lowest BCUT2D eigenvalue weighted by atomic mass is 9.94. The molecule has 0 saturated carbocycles. The van der Waals surface area contributed by atoms with E-state index < -0.39 is 13.8 Å². The van der Waals surface area contributed by atoms with E-state index in [9.17, 15) is 0 Å². The van der Waals surface area contributed by atoms with E-state index >= 15 is 0 Å². The van der Waals surface area contributed by atoms with Crippen molar-refractivity contribution >= 4 is 79.7 Å². The Kier molecular flexibility index (Phi) is 7.86. The van der Waals surface area contributed by atoms with Gasteiger partial charge in [-0.2, -0.15) is 0 Å². The molecule has 0 aromatic heterocycles. The summed E-state index contributed by atoms with van der Waals surface area (Å²) in [6.45, 7) is -4.47. The second kappa shape index (κ2) is 12.5. The average molecular weight is 651 g/mol. The number of fused-ring (bicyclic) bond motifs is 2. The van der Waals surface area contributed by atoms with Gasteiger partial charge >= 0.3 is 0 Å². The molecule has 0 radical (unpaired) electrons. The highest BCUT2D eigenvalue weighted by molar-refractivity contribution is 7.93. The number of benzene rings is 8. The summed E-state index contributed by atoms with van der Waals surface area (Å²) in [5.41, 5.74) is 2.46. The van der Waals surface area contributed by atoms with Crippen LogP contribution in [0, 0.1) is 0 Å². The predicted octanol–water partition coefficient (Wildman–Crippen LogP) is 9.11. The van der Waals surface area contributed by atoms with Gasteiger partial charge in [-0.3, -0.25) is 0 Å². The van der Waals surface area contributed by atoms with Crippen molar-refractivity contribution in [2.45, 2.75) is 0 Å². The van der Waals surface area contributed by atoms with Crippen LogP contribution in [0.15, 0.2) is 194 Å². The van der Waals surface area contributed by atoms with Crippen LogP contribution in [-0.4, -0.2) is 12.6 Å². The van der Waals surface area contributed by atoms with Crippen molar-refractivity contribution in [3.63, 3.8) is 0 Å². The normalized spacial score (nSPS) is 11.9. The van der Waals surface area contributed by atoms with Crippen molar-refractivity contribution in [3.8, 4) is 11.1 Å². The second-order valence-corrected chi connectivity index (χ2v) is 18.7. The molecule has 0 amide bonds. The molecule has 0 bridgehead atoms. The van der Waals surface area contributed by atoms with Gasteiger partial charge < -0.3 is 0 Å². The largest absolute Gasteiger partial charge is 0.0887 e. The molecule has 0 spiro atoms. The van der Waals surface area contributed by atoms with Crippen LogP contribution >= 0.6 is 13.8 Å². The molecule has 8 aromatic carbocycles. The van der Waals surface area contributed by atoms with Gasteiger partial charge in [0.25, 0.3) is 0 Å². The molecule has 0 aliphatic carbocycles. The van der Waals surface area contributed by atoms with Crippen LogP contribution in [0.25, 0.3) is 32.7 Å². The Hall–Kier alpha value is -5.12. The summed E-state index contributed by atoms with van der Waals surface area (Å²) < 4.78 is 0. The van der Waals surface area contributed by atoms with Crippen molar-refractivity contribution < 1.29 is 0 Å². The fourth-order valence-corrected chi connectivity index (χ4v) is 13.0. The maximum Gasteiger partial charge on any atom is -0.00924 e. The minimum absolute atomic E-state index is 1.22. The lowest BCUT2D eigenvalue weighted by Gasteiger charge is -2.29. The van der Waals surface area contributed by atoms with E-state index in [1.165, 1.54) is 64.5 Å². The molecule has 0 unspecified atom stereocenters. The first-order valence-electron chi connectivity index (χ1n) is 16.3. The van der Waals surface area contributed by atoms with E-state index in [0.717, 1.165) is 0 Å². The fourth-order valence-electron chi connectivity index (χ4n) is 7.10. The number of rotatable bonds is 7. The fraction of sp³-hybridized carbons (Fsp3) is 0. The molecule has 0 atom stereocenters. The molecule has 0 N–H and O–H groups in total. The minimum atomic E-state index is -2.23. The molecule has 8 rings (SSSR count). The Morgan fingerprint density at radius 3 is 0.854 bits per heavy atom. The summed E-state index contributed by atoms with van der Waals surface area (Å²) in [4.78, 5) is 0. The van der Waals surface area contributed by atoms with Crippen molar-refractivity contribution in [1.82, 2.24) is 0 Å². The van der Waals surface area contributed by atoms with E-state index in [-0.39, 0.29) is 0 Å². The Labute approximate surface area is 283 Å². The van der Waals surface area contributed by atoms with Gasteiger partial charge in [0.2, 0.25) is 0 Å². The predicted molar refractivity (Wildman–Crippen MR) is 219 cm³/mol. The zero-order chi connectivity index (χ0) is 32.6. The molecular formula is C46H36P2. The Balaban J connectivity index is 1.47. The average Bonchev–Trinajstić information content (AvgIpc) is 3.17. The third kappa shape index (κ3) is 5.10. The highest BCUT2D eigenvalue weighted by atomic mass is 31.2. The third-order valence-corrected chi connectivity index (χ3v) is 16.7. The smallest absolute Gasteiger partial charge is 0.00924 e. The van der Waals surface area contributed by atoms with Gasteiger partial charge in [-0.25, -0.2) is 0 Å². The lowest BCUT2D eigenvalue weighted by molar-refractivity contribution is 1.71. The quantitative estimate of drug-likeness (QED) is 0.151. The van der Waals surface area contributed by atoms with E-state index in [1.54, 1.807) is 0 Å². The van der Waals surface area contributed by atoms with Crippen molar-refractivity contribution in [1.29, 1.82) is 0 Å². The molecular weight excluding hydrogens is 614 g/mol. The lowest BCUT2D eigenvalue weighted by Crippen LogP contribution is -2.26. The highest BCUT2D eigenvalue weighted by Gasteiger charge is 2.26. The van der Waals surface area contributed by atoms with Crippen LogP contribution in [0.2, 0.25) is 0 Å². The zero-order valence-electron chi connectivity index (χ0n) is 26.8. The van der Waals surface area contributed by atoms with E-state index in [0.29, 0.717) is 0 Å². The molecule has 48 heavy (non-hydrogen) atoms. The Morgan fingerprint density at radius 1 is 0.271 bits per heavy atom. The van der Waals surface area contributed by atoms with Crippen LogP contribution in [-0.2, 0) is 0 Å². The van der Waals surface area contributed by atoms with E-state index in [1.807, 2.05) is 0 Å². The van der Waals surface area contributed by atoms with Crippen LogP contribution < -0.4 is 31.8 Å².